The number of para-hydroxylation sites is 1. The van der Waals surface area contributed by atoms with Gasteiger partial charge in [-0.1, -0.05) is 18.2 Å². The average Bonchev–Trinajstić information content (AvgIpc) is 2.34. The van der Waals surface area contributed by atoms with Crippen LogP contribution in [0.3, 0.4) is 0 Å². The number of hydrogen-bond acceptors (Lipinski definition) is 3. The van der Waals surface area contributed by atoms with Gasteiger partial charge in [0.15, 0.2) is 0 Å². The molecule has 4 heteroatoms. The Morgan fingerprint density at radius 2 is 2.12 bits per heavy atom. The van der Waals surface area contributed by atoms with Crippen LogP contribution in [0.5, 0.6) is 0 Å². The molecule has 88 valence electrons. The van der Waals surface area contributed by atoms with Crippen LogP contribution in [0, 0.1) is 0 Å². The van der Waals surface area contributed by atoms with Crippen molar-refractivity contribution in [3.8, 4) is 0 Å². The van der Waals surface area contributed by atoms with Crippen molar-refractivity contribution in [1.82, 2.24) is 9.88 Å². The molecule has 0 aliphatic heterocycles. The summed E-state index contributed by atoms with van der Waals surface area (Å²) < 4.78 is 1.53. The lowest BCUT2D eigenvalue weighted by Crippen LogP contribution is -2.21. The van der Waals surface area contributed by atoms with Crippen molar-refractivity contribution in [3.05, 3.63) is 52.4 Å². The van der Waals surface area contributed by atoms with Gasteiger partial charge in [0.05, 0.1) is 11.1 Å². The molecule has 1 aromatic heterocycles. The highest BCUT2D eigenvalue weighted by Crippen LogP contribution is 2.15. The number of fused-ring (bicyclic) bond motifs is 1. The Kier molecular flexibility index (Phi) is 2.87. The second kappa shape index (κ2) is 4.33. The Balaban J connectivity index is 2.79. The van der Waals surface area contributed by atoms with E-state index < -0.39 is 0 Å². The summed E-state index contributed by atoms with van der Waals surface area (Å²) in [6.45, 7) is 0. The van der Waals surface area contributed by atoms with E-state index in [0.717, 1.165) is 10.9 Å². The Labute approximate surface area is 98.8 Å². The zero-order valence-corrected chi connectivity index (χ0v) is 9.77. The maximum absolute atomic E-state index is 12.0. The molecule has 0 fully saturated rings. The minimum atomic E-state index is -0.215. The first-order valence-corrected chi connectivity index (χ1v) is 5.30. The highest BCUT2D eigenvalue weighted by Gasteiger charge is 2.09. The number of nitrogens with one attached hydrogen (secondary N) is 1. The van der Waals surface area contributed by atoms with E-state index in [1.165, 1.54) is 10.8 Å². The zero-order valence-electron chi connectivity index (χ0n) is 9.77. The number of benzene rings is 1. The minimum absolute atomic E-state index is 0.0566. The molecule has 0 atom stereocenters. The Bertz CT molecular complexity index is 641. The summed E-state index contributed by atoms with van der Waals surface area (Å²) in [7, 11) is 3.36. The maximum Gasteiger partial charge on any atom is 0.261 e. The first-order chi connectivity index (χ1) is 8.15. The van der Waals surface area contributed by atoms with Crippen LogP contribution >= 0.6 is 0 Å². The topological polar surface area (TPSA) is 54.3 Å². The standard InChI is InChI=1S/C13H14N2O2/c1-14-8-12(16)10-7-9-5-3-4-6-11(9)15(2)13(10)17/h3-8,14,16H,1-2H3/b12-8-. The molecule has 0 unspecified atom stereocenters. The van der Waals surface area contributed by atoms with E-state index in [2.05, 4.69) is 5.32 Å². The van der Waals surface area contributed by atoms with E-state index in [9.17, 15) is 9.90 Å². The molecular formula is C13H14N2O2. The predicted octanol–water partition coefficient (Wildman–Crippen LogP) is 1.61. The van der Waals surface area contributed by atoms with Crippen LogP contribution in [0.15, 0.2) is 41.3 Å². The van der Waals surface area contributed by atoms with E-state index in [-0.39, 0.29) is 11.3 Å². The highest BCUT2D eigenvalue weighted by atomic mass is 16.3. The molecule has 0 radical (unpaired) electrons. The predicted molar refractivity (Wildman–Crippen MR) is 68.9 cm³/mol. The van der Waals surface area contributed by atoms with Crippen LogP contribution < -0.4 is 10.9 Å². The van der Waals surface area contributed by atoms with Gasteiger partial charge < -0.3 is 15.0 Å². The molecule has 0 aliphatic carbocycles. The van der Waals surface area contributed by atoms with Crippen molar-refractivity contribution in [2.24, 2.45) is 7.05 Å². The van der Waals surface area contributed by atoms with Gasteiger partial charge in [0.25, 0.3) is 5.56 Å². The number of nitrogens with zero attached hydrogens (tertiary/aromatic N) is 1. The summed E-state index contributed by atoms with van der Waals surface area (Å²) in [6.07, 6.45) is 1.39. The molecule has 2 N–H and O–H groups in total. The van der Waals surface area contributed by atoms with E-state index in [1.807, 2.05) is 24.3 Å². The Morgan fingerprint density at radius 3 is 2.82 bits per heavy atom. The van der Waals surface area contributed by atoms with Gasteiger partial charge in [-0.05, 0) is 17.5 Å². The third kappa shape index (κ3) is 1.89. The summed E-state index contributed by atoms with van der Waals surface area (Å²) in [5.41, 5.74) is 0.923. The smallest absolute Gasteiger partial charge is 0.261 e. The van der Waals surface area contributed by atoms with Crippen LogP contribution in [0.2, 0.25) is 0 Å². The second-order valence-electron chi connectivity index (χ2n) is 3.80. The molecule has 0 saturated carbocycles. The lowest BCUT2D eigenvalue weighted by atomic mass is 10.1. The molecule has 0 saturated heterocycles. The van der Waals surface area contributed by atoms with E-state index in [1.54, 1.807) is 20.2 Å². The molecule has 0 spiro atoms. The second-order valence-corrected chi connectivity index (χ2v) is 3.80. The third-order valence-electron chi connectivity index (χ3n) is 2.69. The van der Waals surface area contributed by atoms with Gasteiger partial charge in [0.2, 0.25) is 0 Å². The van der Waals surface area contributed by atoms with E-state index >= 15 is 0 Å². The molecule has 4 nitrogen and oxygen atoms in total. The largest absolute Gasteiger partial charge is 0.506 e. The van der Waals surface area contributed by atoms with Crippen LogP contribution in [0.4, 0.5) is 0 Å². The summed E-state index contributed by atoms with van der Waals surface area (Å²) >= 11 is 0. The SMILES string of the molecule is CN/C=C(\O)c1cc2ccccc2n(C)c1=O. The fraction of sp³-hybridized carbons (Fsp3) is 0.154. The molecule has 2 rings (SSSR count). The molecule has 0 amide bonds. The van der Waals surface area contributed by atoms with Gasteiger partial charge in [-0.2, -0.15) is 0 Å². The van der Waals surface area contributed by atoms with Gasteiger partial charge in [-0.3, -0.25) is 4.79 Å². The number of hydrogen-bond donors (Lipinski definition) is 2. The van der Waals surface area contributed by atoms with Gasteiger partial charge in [-0.25, -0.2) is 0 Å². The van der Waals surface area contributed by atoms with Crippen molar-refractivity contribution < 1.29 is 5.11 Å². The van der Waals surface area contributed by atoms with Gasteiger partial charge in [0, 0.05) is 20.3 Å². The van der Waals surface area contributed by atoms with E-state index in [0.29, 0.717) is 5.56 Å². The molecule has 1 heterocycles. The van der Waals surface area contributed by atoms with Crippen LogP contribution in [0.1, 0.15) is 5.56 Å². The fourth-order valence-corrected chi connectivity index (χ4v) is 1.82. The molecular weight excluding hydrogens is 216 g/mol. The molecule has 0 aliphatic rings. The van der Waals surface area contributed by atoms with Crippen molar-refractivity contribution in [1.29, 1.82) is 0 Å². The number of aromatic nitrogens is 1. The normalized spacial score (nSPS) is 11.8. The van der Waals surface area contributed by atoms with Gasteiger partial charge in [0.1, 0.15) is 5.76 Å². The number of aliphatic hydroxyl groups is 1. The van der Waals surface area contributed by atoms with E-state index in [4.69, 9.17) is 0 Å². The maximum atomic E-state index is 12.0. The first kappa shape index (κ1) is 11.3. The minimum Gasteiger partial charge on any atom is -0.506 e. The number of aliphatic hydroxyl groups excluding tert-OH is 1. The highest BCUT2D eigenvalue weighted by molar-refractivity contribution is 5.82. The average molecular weight is 230 g/mol. The van der Waals surface area contributed by atoms with Crippen molar-refractivity contribution >= 4 is 16.7 Å². The first-order valence-electron chi connectivity index (χ1n) is 5.30. The van der Waals surface area contributed by atoms with Gasteiger partial charge in [-0.15, -0.1) is 0 Å². The zero-order chi connectivity index (χ0) is 12.4. The van der Waals surface area contributed by atoms with Crippen LogP contribution in [-0.4, -0.2) is 16.7 Å². The number of rotatable bonds is 2. The summed E-state index contributed by atoms with van der Waals surface area (Å²) in [4.78, 5) is 12.0. The van der Waals surface area contributed by atoms with Crippen molar-refractivity contribution in [2.45, 2.75) is 0 Å². The molecule has 1 aromatic carbocycles. The van der Waals surface area contributed by atoms with Gasteiger partial charge >= 0.3 is 0 Å². The lowest BCUT2D eigenvalue weighted by molar-refractivity contribution is 0.506. The molecule has 2 aromatic rings. The quantitative estimate of drug-likeness (QED) is 0.771. The fourth-order valence-electron chi connectivity index (χ4n) is 1.82. The monoisotopic (exact) mass is 230 g/mol. The molecule has 17 heavy (non-hydrogen) atoms. The third-order valence-corrected chi connectivity index (χ3v) is 2.69. The number of aryl methyl sites for hydroxylation is 1. The van der Waals surface area contributed by atoms with Crippen LogP contribution in [-0.2, 0) is 7.05 Å². The van der Waals surface area contributed by atoms with Crippen LogP contribution in [0.25, 0.3) is 16.7 Å². The summed E-state index contributed by atoms with van der Waals surface area (Å²) in [6, 6.07) is 9.26. The van der Waals surface area contributed by atoms with Crippen molar-refractivity contribution in [3.63, 3.8) is 0 Å². The van der Waals surface area contributed by atoms with Crippen molar-refractivity contribution in [2.75, 3.05) is 7.05 Å². The molecule has 0 bridgehead atoms. The number of pyridine rings is 1. The Hall–Kier alpha value is -2.23. The summed E-state index contributed by atoms with van der Waals surface area (Å²) in [5.74, 6) is -0.0566. The summed E-state index contributed by atoms with van der Waals surface area (Å²) in [5, 5.41) is 13.4. The Morgan fingerprint density at radius 1 is 1.41 bits per heavy atom. The lowest BCUT2D eigenvalue weighted by Gasteiger charge is -2.08.